The Kier molecular flexibility index (Phi) is 5.71. The molecule has 1 atom stereocenters. The van der Waals surface area contributed by atoms with E-state index < -0.39 is 28.1 Å². The SMILES string of the molecule is O=S(=O)(c1ccc2c(c1)CC(C(O)O)C2)N1CCN(c2ccc(C(F)(F)F)cn2)CC1. The number of anilines is 1. The van der Waals surface area contributed by atoms with Gasteiger partial charge in [0.25, 0.3) is 0 Å². The van der Waals surface area contributed by atoms with Crippen molar-refractivity contribution in [3.8, 4) is 0 Å². The molecule has 1 aromatic heterocycles. The molecule has 0 spiro atoms. The van der Waals surface area contributed by atoms with Crippen LogP contribution in [0.5, 0.6) is 0 Å². The van der Waals surface area contributed by atoms with Gasteiger partial charge in [-0.05, 0) is 48.2 Å². The van der Waals surface area contributed by atoms with Gasteiger partial charge in [0, 0.05) is 38.3 Å². The van der Waals surface area contributed by atoms with Crippen molar-refractivity contribution >= 4 is 15.8 Å². The van der Waals surface area contributed by atoms with Gasteiger partial charge in [-0.25, -0.2) is 13.4 Å². The Balaban J connectivity index is 1.44. The van der Waals surface area contributed by atoms with Crippen LogP contribution in [-0.4, -0.2) is 60.4 Å². The number of sulfonamides is 1. The summed E-state index contributed by atoms with van der Waals surface area (Å²) in [7, 11) is -3.74. The quantitative estimate of drug-likeness (QED) is 0.678. The molecule has 11 heteroatoms. The van der Waals surface area contributed by atoms with Gasteiger partial charge in [-0.1, -0.05) is 6.07 Å². The average molecular weight is 457 g/mol. The number of alkyl halides is 3. The fourth-order valence-electron chi connectivity index (χ4n) is 4.05. The number of hydrogen-bond acceptors (Lipinski definition) is 6. The van der Waals surface area contributed by atoms with E-state index in [0.29, 0.717) is 31.7 Å². The molecular formula is C20H22F3N3O4S. The van der Waals surface area contributed by atoms with Crippen molar-refractivity contribution in [3.05, 3.63) is 53.2 Å². The molecule has 1 fully saturated rings. The maximum atomic E-state index is 13.1. The monoisotopic (exact) mass is 457 g/mol. The molecule has 1 aliphatic carbocycles. The highest BCUT2D eigenvalue weighted by molar-refractivity contribution is 7.89. The summed E-state index contributed by atoms with van der Waals surface area (Å²) >= 11 is 0. The summed E-state index contributed by atoms with van der Waals surface area (Å²) in [6.07, 6.45) is -4.22. The Labute approximate surface area is 177 Å². The van der Waals surface area contributed by atoms with E-state index in [1.807, 2.05) is 0 Å². The molecule has 0 radical (unpaired) electrons. The van der Waals surface area contributed by atoms with Gasteiger partial charge in [-0.2, -0.15) is 17.5 Å². The summed E-state index contributed by atoms with van der Waals surface area (Å²) in [5, 5.41) is 18.8. The number of rotatable bonds is 4. The Morgan fingerprint density at radius 2 is 1.68 bits per heavy atom. The number of nitrogens with zero attached hydrogens (tertiary/aromatic N) is 3. The normalized spacial score (nSPS) is 20.3. The lowest BCUT2D eigenvalue weighted by molar-refractivity contribution is -0.137. The summed E-state index contributed by atoms with van der Waals surface area (Å²) in [6, 6.07) is 7.10. The Morgan fingerprint density at radius 1 is 1.00 bits per heavy atom. The number of pyridine rings is 1. The van der Waals surface area contributed by atoms with E-state index in [2.05, 4.69) is 4.98 Å². The topological polar surface area (TPSA) is 94.0 Å². The highest BCUT2D eigenvalue weighted by Crippen LogP contribution is 2.32. The maximum absolute atomic E-state index is 13.1. The van der Waals surface area contributed by atoms with Crippen LogP contribution < -0.4 is 4.90 Å². The molecule has 2 aliphatic rings. The van der Waals surface area contributed by atoms with Crippen LogP contribution in [0.15, 0.2) is 41.4 Å². The first-order valence-electron chi connectivity index (χ1n) is 9.82. The van der Waals surface area contributed by atoms with E-state index in [1.165, 1.54) is 16.4 Å². The fraction of sp³-hybridized carbons (Fsp3) is 0.450. The lowest BCUT2D eigenvalue weighted by Gasteiger charge is -2.34. The van der Waals surface area contributed by atoms with Gasteiger partial charge >= 0.3 is 6.18 Å². The highest BCUT2D eigenvalue weighted by Gasteiger charge is 2.33. The van der Waals surface area contributed by atoms with Crippen LogP contribution in [0.2, 0.25) is 0 Å². The first-order chi connectivity index (χ1) is 14.6. The van der Waals surface area contributed by atoms with Gasteiger partial charge in [0.05, 0.1) is 10.5 Å². The molecular weight excluding hydrogens is 435 g/mol. The second kappa shape index (κ2) is 8.05. The van der Waals surface area contributed by atoms with Crippen molar-refractivity contribution in [1.29, 1.82) is 0 Å². The van der Waals surface area contributed by atoms with E-state index in [4.69, 9.17) is 0 Å². The van der Waals surface area contributed by atoms with E-state index in [0.717, 1.165) is 23.4 Å². The van der Waals surface area contributed by atoms with Crippen LogP contribution in [0.1, 0.15) is 16.7 Å². The lowest BCUT2D eigenvalue weighted by atomic mass is 10.1. The zero-order chi connectivity index (χ0) is 22.4. The van der Waals surface area contributed by atoms with Crippen LogP contribution in [0, 0.1) is 5.92 Å². The van der Waals surface area contributed by atoms with E-state index in [9.17, 15) is 31.8 Å². The molecule has 0 saturated carbocycles. The van der Waals surface area contributed by atoms with Gasteiger partial charge in [0.2, 0.25) is 10.0 Å². The molecule has 7 nitrogen and oxygen atoms in total. The fourth-order valence-corrected chi connectivity index (χ4v) is 5.52. The smallest absolute Gasteiger partial charge is 0.368 e. The highest BCUT2D eigenvalue weighted by atomic mass is 32.2. The van der Waals surface area contributed by atoms with Crippen molar-refractivity contribution in [3.63, 3.8) is 0 Å². The minimum Gasteiger partial charge on any atom is -0.368 e. The predicted octanol–water partition coefficient (Wildman–Crippen LogP) is 1.64. The first-order valence-corrected chi connectivity index (χ1v) is 11.3. The molecule has 1 aromatic carbocycles. The van der Waals surface area contributed by atoms with E-state index >= 15 is 0 Å². The lowest BCUT2D eigenvalue weighted by Crippen LogP contribution is -2.48. The molecule has 4 rings (SSSR count). The van der Waals surface area contributed by atoms with Gasteiger partial charge in [-0.3, -0.25) is 0 Å². The van der Waals surface area contributed by atoms with Gasteiger partial charge in [0.1, 0.15) is 5.82 Å². The summed E-state index contributed by atoms with van der Waals surface area (Å²) in [5.74, 6) is 0.0314. The van der Waals surface area contributed by atoms with Crippen molar-refractivity contribution in [2.24, 2.45) is 5.92 Å². The summed E-state index contributed by atoms with van der Waals surface area (Å²) < 4.78 is 65.6. The third-order valence-electron chi connectivity index (χ3n) is 5.84. The number of fused-ring (bicyclic) bond motifs is 1. The van der Waals surface area contributed by atoms with Crippen LogP contribution >= 0.6 is 0 Å². The van der Waals surface area contributed by atoms with Crippen LogP contribution in [0.25, 0.3) is 0 Å². The molecule has 1 saturated heterocycles. The molecule has 1 unspecified atom stereocenters. The van der Waals surface area contributed by atoms with Gasteiger partial charge < -0.3 is 15.1 Å². The standard InChI is InChI=1S/C20H22F3N3O4S/c21-20(22,23)16-2-4-18(24-12-16)25-5-7-26(8-6-25)31(29,30)17-3-1-13-9-15(19(27)28)10-14(13)11-17/h1-4,11-12,15,19,27-28H,5-10H2. The largest absolute Gasteiger partial charge is 0.417 e. The number of benzene rings is 1. The van der Waals surface area contributed by atoms with Crippen LogP contribution in [0.4, 0.5) is 19.0 Å². The Morgan fingerprint density at radius 3 is 2.26 bits per heavy atom. The van der Waals surface area contributed by atoms with Gasteiger partial charge in [-0.15, -0.1) is 0 Å². The average Bonchev–Trinajstić information content (AvgIpc) is 3.17. The van der Waals surface area contributed by atoms with Crippen molar-refractivity contribution in [2.45, 2.75) is 30.2 Å². The van der Waals surface area contributed by atoms with Gasteiger partial charge in [0.15, 0.2) is 6.29 Å². The predicted molar refractivity (Wildman–Crippen MR) is 106 cm³/mol. The number of piperazine rings is 1. The Hall–Kier alpha value is -2.21. The molecule has 2 N–H and O–H groups in total. The maximum Gasteiger partial charge on any atom is 0.417 e. The molecule has 1 aliphatic heterocycles. The zero-order valence-electron chi connectivity index (χ0n) is 16.5. The zero-order valence-corrected chi connectivity index (χ0v) is 17.3. The summed E-state index contributed by atoms with van der Waals surface area (Å²) in [6.45, 7) is 0.975. The van der Waals surface area contributed by atoms with Crippen molar-refractivity contribution in [1.82, 2.24) is 9.29 Å². The number of aromatic nitrogens is 1. The molecule has 2 aromatic rings. The minimum atomic E-state index is -4.45. The summed E-state index contributed by atoms with van der Waals surface area (Å²) in [5.41, 5.74) is 0.882. The molecule has 0 amide bonds. The van der Waals surface area contributed by atoms with Crippen molar-refractivity contribution in [2.75, 3.05) is 31.1 Å². The Bertz CT molecular complexity index is 1050. The van der Waals surface area contributed by atoms with E-state index in [-0.39, 0.29) is 23.9 Å². The number of hydrogen-bond donors (Lipinski definition) is 2. The molecule has 31 heavy (non-hydrogen) atoms. The second-order valence-electron chi connectivity index (χ2n) is 7.81. The number of aliphatic hydroxyl groups excluding tert-OH is 1. The summed E-state index contributed by atoms with van der Waals surface area (Å²) in [4.78, 5) is 5.78. The van der Waals surface area contributed by atoms with E-state index in [1.54, 1.807) is 17.0 Å². The second-order valence-corrected chi connectivity index (χ2v) is 9.74. The number of halogens is 3. The third kappa shape index (κ3) is 4.40. The molecule has 2 heterocycles. The van der Waals surface area contributed by atoms with Crippen LogP contribution in [0.3, 0.4) is 0 Å². The third-order valence-corrected chi connectivity index (χ3v) is 7.73. The minimum absolute atomic E-state index is 0.153. The molecule has 0 bridgehead atoms. The first kappa shape index (κ1) is 22.0. The van der Waals surface area contributed by atoms with Crippen LogP contribution in [-0.2, 0) is 29.0 Å². The molecule has 168 valence electrons. The number of aliphatic hydroxyl groups is 2. The van der Waals surface area contributed by atoms with Crippen molar-refractivity contribution < 1.29 is 31.8 Å².